The summed E-state index contributed by atoms with van der Waals surface area (Å²) in [5, 5.41) is 19.2. The number of fused-ring (bicyclic) bond motifs is 8. The van der Waals surface area contributed by atoms with Crippen LogP contribution in [0, 0.1) is 0 Å². The van der Waals surface area contributed by atoms with Crippen LogP contribution in [0.15, 0.2) is 473 Å². The van der Waals surface area contributed by atoms with Gasteiger partial charge in [-0.3, -0.25) is 0 Å². The zero-order valence-electron chi connectivity index (χ0n) is 67.0. The van der Waals surface area contributed by atoms with Crippen LogP contribution in [0.5, 0.6) is 0 Å². The monoisotopic (exact) mass is 1540 g/mol. The van der Waals surface area contributed by atoms with Crippen molar-refractivity contribution < 1.29 is 0 Å². The van der Waals surface area contributed by atoms with Gasteiger partial charge in [0.1, 0.15) is 0 Å². The first kappa shape index (κ1) is 71.5. The Labute approximate surface area is 710 Å². The van der Waals surface area contributed by atoms with E-state index in [0.29, 0.717) is 0 Å². The molecule has 0 aromatic heterocycles. The topological polar surface area (TPSA) is 0 Å². The Hall–Kier alpha value is -15.9. The standard InChI is InChI=1S/C122H78/c1-5-31-79(32-6-1)87-67-88(80-33-7-2-8-34-80)70-91(69-87)93-73-95(103-63-65-117(107-57-27-45-85-41-15-19-49-101(85)107)121-109(103)59-29-61-111(121)105-55-25-43-83-39-13-17-47-99(83)105)77-97(75-93)119-113-51-21-23-53-115(113)120(116-54-24-22-52-114(116)119)98-76-94(92-71-89(81-35-9-3-10-36-81)68-90(72-92)82-37-11-4-12-38-82)74-96(78-98)104-64-66-118(108-58-28-46-86-42-16-20-50-102(86)108)122-110(104)60-30-62-112(122)106-56-26-44-84-40-14-18-48-100(84)106/h1-78H. The molecule has 0 heteroatoms. The summed E-state index contributed by atoms with van der Waals surface area (Å²) in [5.41, 5.74) is 32.5. The van der Waals surface area contributed by atoms with Gasteiger partial charge in [-0.2, -0.15) is 0 Å². The molecule has 122 heavy (non-hydrogen) atoms. The van der Waals surface area contributed by atoms with Crippen LogP contribution in [0.25, 0.3) is 242 Å². The molecule has 0 aliphatic carbocycles. The Kier molecular flexibility index (Phi) is 17.7. The second-order valence-corrected chi connectivity index (χ2v) is 32.4. The predicted molar refractivity (Wildman–Crippen MR) is 523 cm³/mol. The molecule has 23 aromatic carbocycles. The Morgan fingerprint density at radius 2 is 0.270 bits per heavy atom. The highest BCUT2D eigenvalue weighted by Crippen LogP contribution is 2.53. The first-order valence-electron chi connectivity index (χ1n) is 42.3. The molecule has 23 aromatic rings. The molecule has 0 atom stereocenters. The third-order valence-corrected chi connectivity index (χ3v) is 25.4. The van der Waals surface area contributed by atoms with Crippen molar-refractivity contribution in [2.75, 3.05) is 0 Å². The molecule has 0 aliphatic heterocycles. The molecule has 0 radical (unpaired) electrons. The Morgan fingerprint density at radius 1 is 0.0902 bits per heavy atom. The van der Waals surface area contributed by atoms with E-state index in [2.05, 4.69) is 473 Å². The number of hydrogen-bond acceptors (Lipinski definition) is 0. The zero-order valence-corrected chi connectivity index (χ0v) is 67.0. The van der Waals surface area contributed by atoms with Gasteiger partial charge in [-0.05, 0) is 315 Å². The van der Waals surface area contributed by atoms with E-state index in [1.54, 1.807) is 0 Å². The van der Waals surface area contributed by atoms with Crippen molar-refractivity contribution in [3.63, 3.8) is 0 Å². The molecule has 0 amide bonds. The minimum atomic E-state index is 1.12. The summed E-state index contributed by atoms with van der Waals surface area (Å²) in [5.74, 6) is 0. The lowest BCUT2D eigenvalue weighted by Crippen LogP contribution is -1.95. The van der Waals surface area contributed by atoms with E-state index in [-0.39, 0.29) is 0 Å². The minimum absolute atomic E-state index is 1.12. The molecular formula is C122H78. The minimum Gasteiger partial charge on any atom is -0.0622 e. The summed E-state index contributed by atoms with van der Waals surface area (Å²) in [6, 6.07) is 178. The van der Waals surface area contributed by atoms with Crippen LogP contribution in [-0.4, -0.2) is 0 Å². The van der Waals surface area contributed by atoms with E-state index in [1.165, 1.54) is 120 Å². The fraction of sp³-hybridized carbons (Fsp3) is 0. The van der Waals surface area contributed by atoms with Crippen LogP contribution in [0.3, 0.4) is 0 Å². The average Bonchev–Trinajstić information content (AvgIpc) is 0.722. The van der Waals surface area contributed by atoms with Gasteiger partial charge in [-0.15, -0.1) is 0 Å². The molecule has 0 fully saturated rings. The second kappa shape index (κ2) is 30.3. The maximum Gasteiger partial charge on any atom is -0.00201 e. The van der Waals surface area contributed by atoms with Crippen LogP contribution in [0.1, 0.15) is 0 Å². The largest absolute Gasteiger partial charge is 0.0622 e. The highest BCUT2D eigenvalue weighted by Gasteiger charge is 2.26. The van der Waals surface area contributed by atoms with Crippen molar-refractivity contribution in [3.8, 4) is 156 Å². The predicted octanol–water partition coefficient (Wildman–Crippen LogP) is 34.3. The normalized spacial score (nSPS) is 11.6. The lowest BCUT2D eigenvalue weighted by Gasteiger charge is -2.22. The third-order valence-electron chi connectivity index (χ3n) is 25.4. The van der Waals surface area contributed by atoms with Crippen molar-refractivity contribution in [2.45, 2.75) is 0 Å². The van der Waals surface area contributed by atoms with Gasteiger partial charge in [0.25, 0.3) is 0 Å². The summed E-state index contributed by atoms with van der Waals surface area (Å²) in [7, 11) is 0. The van der Waals surface area contributed by atoms with Crippen molar-refractivity contribution in [1.29, 1.82) is 0 Å². The van der Waals surface area contributed by atoms with E-state index >= 15 is 0 Å². The van der Waals surface area contributed by atoms with E-state index in [0.717, 1.165) is 122 Å². The molecule has 0 aliphatic rings. The maximum atomic E-state index is 2.51. The van der Waals surface area contributed by atoms with Crippen LogP contribution in [0.4, 0.5) is 0 Å². The number of rotatable bonds is 14. The molecule has 0 spiro atoms. The summed E-state index contributed by atoms with van der Waals surface area (Å²) >= 11 is 0. The Bertz CT molecular complexity index is 7250. The first-order valence-corrected chi connectivity index (χ1v) is 42.3. The molecule has 0 heterocycles. The lowest BCUT2D eigenvalue weighted by molar-refractivity contribution is 1.55. The molecule has 0 saturated carbocycles. The molecule has 566 valence electrons. The molecule has 23 rings (SSSR count). The molecular weight excluding hydrogens is 1470 g/mol. The van der Waals surface area contributed by atoms with Crippen LogP contribution < -0.4 is 0 Å². The SMILES string of the molecule is c1ccc(-c2cc(-c3ccccc3)cc(-c3cc(-c4c5ccccc5c(-c5cc(-c6cc(-c7ccccc7)cc(-c7ccccc7)c6)cc(-c6ccc(-c7cccc8ccccc78)c7c(-c8cccc9ccccc89)cccc67)c5)c5ccccc45)cc(-c4ccc(-c5cccc6ccccc56)c5c(-c6cccc7ccccc67)cccc45)c3)c2)cc1. The van der Waals surface area contributed by atoms with E-state index in [1.807, 2.05) is 0 Å². The Balaban J connectivity index is 0.804. The zero-order chi connectivity index (χ0) is 80.6. The van der Waals surface area contributed by atoms with Gasteiger partial charge in [-0.25, -0.2) is 0 Å². The first-order chi connectivity index (χ1) is 60.5. The van der Waals surface area contributed by atoms with Crippen LogP contribution in [-0.2, 0) is 0 Å². The van der Waals surface area contributed by atoms with E-state index in [9.17, 15) is 0 Å². The van der Waals surface area contributed by atoms with Gasteiger partial charge in [0, 0.05) is 0 Å². The van der Waals surface area contributed by atoms with E-state index < -0.39 is 0 Å². The highest BCUT2D eigenvalue weighted by atomic mass is 14.3. The quantitative estimate of drug-likeness (QED) is 0.0952. The van der Waals surface area contributed by atoms with Gasteiger partial charge >= 0.3 is 0 Å². The van der Waals surface area contributed by atoms with Crippen molar-refractivity contribution in [3.05, 3.63) is 473 Å². The summed E-state index contributed by atoms with van der Waals surface area (Å²) in [6.45, 7) is 0. The molecule has 0 unspecified atom stereocenters. The summed E-state index contributed by atoms with van der Waals surface area (Å²) in [4.78, 5) is 0. The van der Waals surface area contributed by atoms with Gasteiger partial charge in [0.15, 0.2) is 0 Å². The molecule has 0 bridgehead atoms. The summed E-state index contributed by atoms with van der Waals surface area (Å²) < 4.78 is 0. The summed E-state index contributed by atoms with van der Waals surface area (Å²) in [6.07, 6.45) is 0. The van der Waals surface area contributed by atoms with Gasteiger partial charge in [0.2, 0.25) is 0 Å². The highest BCUT2D eigenvalue weighted by molar-refractivity contribution is 6.24. The van der Waals surface area contributed by atoms with Gasteiger partial charge < -0.3 is 0 Å². The van der Waals surface area contributed by atoms with Gasteiger partial charge in [0.05, 0.1) is 0 Å². The maximum absolute atomic E-state index is 2.51. The van der Waals surface area contributed by atoms with E-state index in [4.69, 9.17) is 0 Å². The lowest BCUT2D eigenvalue weighted by atomic mass is 9.81. The molecule has 0 saturated heterocycles. The average molecular weight is 1540 g/mol. The van der Waals surface area contributed by atoms with Crippen molar-refractivity contribution in [1.82, 2.24) is 0 Å². The second-order valence-electron chi connectivity index (χ2n) is 32.4. The van der Waals surface area contributed by atoms with Gasteiger partial charge in [-0.1, -0.05) is 400 Å². The number of hydrogen-bond donors (Lipinski definition) is 0. The fourth-order valence-corrected chi connectivity index (χ4v) is 19.8. The fourth-order valence-electron chi connectivity index (χ4n) is 19.8. The molecule has 0 N–H and O–H groups in total. The van der Waals surface area contributed by atoms with Crippen LogP contribution in [0.2, 0.25) is 0 Å². The number of benzene rings is 23. The van der Waals surface area contributed by atoms with Crippen molar-refractivity contribution in [2.24, 2.45) is 0 Å². The molecule has 0 nitrogen and oxygen atoms in total. The van der Waals surface area contributed by atoms with Crippen molar-refractivity contribution >= 4 is 86.2 Å². The van der Waals surface area contributed by atoms with Crippen LogP contribution >= 0.6 is 0 Å². The smallest absolute Gasteiger partial charge is 0.00201 e. The third kappa shape index (κ3) is 12.6. The Morgan fingerprint density at radius 3 is 0.557 bits per heavy atom.